The Labute approximate surface area is 115 Å². The monoisotopic (exact) mass is 258 g/mol. The van der Waals surface area contributed by atoms with Gasteiger partial charge in [-0.15, -0.1) is 0 Å². The van der Waals surface area contributed by atoms with Crippen LogP contribution >= 0.6 is 0 Å². The zero-order valence-corrected chi connectivity index (χ0v) is 11.8. The number of carbonyl (C=O) groups is 1. The first-order valence-corrected chi connectivity index (χ1v) is 7.16. The molecule has 0 saturated carbocycles. The van der Waals surface area contributed by atoms with E-state index in [1.165, 1.54) is 11.1 Å². The molecule has 1 N–H and O–H groups in total. The van der Waals surface area contributed by atoms with E-state index in [1.54, 1.807) is 0 Å². The maximum Gasteiger partial charge on any atom is 0.229 e. The number of aryl methyl sites for hydroxylation is 1. The summed E-state index contributed by atoms with van der Waals surface area (Å²) in [6, 6.07) is 8.73. The van der Waals surface area contributed by atoms with E-state index in [4.69, 9.17) is 0 Å². The van der Waals surface area contributed by atoms with Crippen LogP contribution < -0.4 is 5.32 Å². The van der Waals surface area contributed by atoms with Crippen molar-refractivity contribution in [3.63, 3.8) is 0 Å². The first-order valence-electron chi connectivity index (χ1n) is 7.16. The van der Waals surface area contributed by atoms with Crippen LogP contribution in [0.5, 0.6) is 0 Å². The maximum absolute atomic E-state index is 12.6. The van der Waals surface area contributed by atoms with Gasteiger partial charge in [0.05, 0.1) is 5.41 Å². The van der Waals surface area contributed by atoms with Crippen molar-refractivity contribution >= 4 is 5.91 Å². The normalized spacial score (nSPS) is 26.1. The zero-order valence-electron chi connectivity index (χ0n) is 11.8. The number of carbonyl (C=O) groups excluding carboxylic acids is 1. The van der Waals surface area contributed by atoms with Crippen molar-refractivity contribution < 1.29 is 4.79 Å². The molecule has 2 heterocycles. The van der Waals surface area contributed by atoms with Crippen molar-refractivity contribution in [1.29, 1.82) is 0 Å². The van der Waals surface area contributed by atoms with Gasteiger partial charge in [0.2, 0.25) is 5.91 Å². The fourth-order valence-corrected chi connectivity index (χ4v) is 3.72. The van der Waals surface area contributed by atoms with Gasteiger partial charge in [0, 0.05) is 19.5 Å². The molecular weight excluding hydrogens is 236 g/mol. The van der Waals surface area contributed by atoms with Gasteiger partial charge in [-0.3, -0.25) is 4.79 Å². The summed E-state index contributed by atoms with van der Waals surface area (Å²) in [6.07, 6.45) is 1.93. The van der Waals surface area contributed by atoms with Crippen molar-refractivity contribution in [2.24, 2.45) is 5.41 Å². The minimum Gasteiger partial charge on any atom is -0.345 e. The number of benzene rings is 1. The fourth-order valence-electron chi connectivity index (χ4n) is 3.72. The minimum atomic E-state index is -0.157. The van der Waals surface area contributed by atoms with Crippen LogP contribution in [0, 0.1) is 12.3 Å². The Kier molecular flexibility index (Phi) is 3.09. The lowest BCUT2D eigenvalue weighted by molar-refractivity contribution is -0.136. The highest BCUT2D eigenvalue weighted by Crippen LogP contribution is 2.49. The number of rotatable bonds is 1. The second-order valence-corrected chi connectivity index (χ2v) is 6.06. The SMILES string of the molecule is Cc1ccc(C2CN(C)C(=O)C23CCNCC3)cc1. The lowest BCUT2D eigenvalue weighted by atomic mass is 9.68. The molecule has 2 aliphatic heterocycles. The second kappa shape index (κ2) is 4.64. The van der Waals surface area contributed by atoms with Gasteiger partial charge in [0.1, 0.15) is 0 Å². The van der Waals surface area contributed by atoms with Crippen molar-refractivity contribution in [2.45, 2.75) is 25.7 Å². The van der Waals surface area contributed by atoms with E-state index < -0.39 is 0 Å². The first kappa shape index (κ1) is 12.7. The number of likely N-dealkylation sites (tertiary alicyclic amines) is 1. The molecule has 0 aromatic heterocycles. The molecule has 1 spiro atoms. The van der Waals surface area contributed by atoms with Crippen molar-refractivity contribution in [2.75, 3.05) is 26.7 Å². The first-order chi connectivity index (χ1) is 9.13. The molecular formula is C16H22N2O. The average Bonchev–Trinajstić information content (AvgIpc) is 2.66. The maximum atomic E-state index is 12.6. The topological polar surface area (TPSA) is 32.3 Å². The molecule has 1 aromatic rings. The summed E-state index contributed by atoms with van der Waals surface area (Å²) in [5.41, 5.74) is 2.45. The number of piperidine rings is 1. The van der Waals surface area contributed by atoms with Crippen LogP contribution in [0.2, 0.25) is 0 Å². The smallest absolute Gasteiger partial charge is 0.229 e. The molecule has 19 heavy (non-hydrogen) atoms. The van der Waals surface area contributed by atoms with Crippen LogP contribution in [0.1, 0.15) is 29.9 Å². The van der Waals surface area contributed by atoms with Gasteiger partial charge in [0.15, 0.2) is 0 Å². The summed E-state index contributed by atoms with van der Waals surface area (Å²) in [5.74, 6) is 0.701. The van der Waals surface area contributed by atoms with Crippen molar-refractivity contribution in [1.82, 2.24) is 10.2 Å². The summed E-state index contributed by atoms with van der Waals surface area (Å²) in [6.45, 7) is 4.89. The van der Waals surface area contributed by atoms with Crippen LogP contribution in [0.25, 0.3) is 0 Å². The molecule has 2 saturated heterocycles. The molecule has 2 fully saturated rings. The molecule has 0 radical (unpaired) electrons. The molecule has 1 unspecified atom stereocenters. The summed E-state index contributed by atoms with van der Waals surface area (Å²) < 4.78 is 0. The Morgan fingerprint density at radius 2 is 1.84 bits per heavy atom. The number of hydrogen-bond acceptors (Lipinski definition) is 2. The van der Waals surface area contributed by atoms with Crippen LogP contribution in [-0.4, -0.2) is 37.5 Å². The van der Waals surface area contributed by atoms with Gasteiger partial charge in [-0.25, -0.2) is 0 Å². The lowest BCUT2D eigenvalue weighted by Gasteiger charge is -2.36. The number of nitrogens with one attached hydrogen (secondary N) is 1. The van der Waals surface area contributed by atoms with Crippen LogP contribution in [0.3, 0.4) is 0 Å². The van der Waals surface area contributed by atoms with Crippen LogP contribution in [-0.2, 0) is 4.79 Å². The summed E-state index contributed by atoms with van der Waals surface area (Å²) in [5, 5.41) is 3.38. The number of likely N-dealkylation sites (N-methyl/N-ethyl adjacent to an activating group) is 1. The van der Waals surface area contributed by atoms with Crippen LogP contribution in [0.4, 0.5) is 0 Å². The van der Waals surface area contributed by atoms with Crippen molar-refractivity contribution in [3.05, 3.63) is 35.4 Å². The Balaban J connectivity index is 1.98. The van der Waals surface area contributed by atoms with E-state index in [0.717, 1.165) is 32.5 Å². The summed E-state index contributed by atoms with van der Waals surface area (Å²) in [7, 11) is 1.94. The third-order valence-corrected chi connectivity index (χ3v) is 4.87. The van der Waals surface area contributed by atoms with Gasteiger partial charge in [-0.2, -0.15) is 0 Å². The highest BCUT2D eigenvalue weighted by atomic mass is 16.2. The van der Waals surface area contributed by atoms with E-state index in [-0.39, 0.29) is 5.41 Å². The number of amides is 1. The Morgan fingerprint density at radius 3 is 2.47 bits per heavy atom. The molecule has 0 bridgehead atoms. The fraction of sp³-hybridized carbons (Fsp3) is 0.562. The predicted molar refractivity (Wildman–Crippen MR) is 76.1 cm³/mol. The molecule has 102 valence electrons. The third kappa shape index (κ3) is 1.96. The third-order valence-electron chi connectivity index (χ3n) is 4.87. The van der Waals surface area contributed by atoms with E-state index in [1.807, 2.05) is 11.9 Å². The Bertz CT molecular complexity index is 474. The lowest BCUT2D eigenvalue weighted by Crippen LogP contribution is -2.44. The van der Waals surface area contributed by atoms with Crippen molar-refractivity contribution in [3.8, 4) is 0 Å². The molecule has 1 amide bonds. The largest absolute Gasteiger partial charge is 0.345 e. The van der Waals surface area contributed by atoms with Gasteiger partial charge < -0.3 is 10.2 Å². The van der Waals surface area contributed by atoms with Crippen LogP contribution in [0.15, 0.2) is 24.3 Å². The van der Waals surface area contributed by atoms with Gasteiger partial charge in [-0.1, -0.05) is 29.8 Å². The van der Waals surface area contributed by atoms with E-state index in [2.05, 4.69) is 36.5 Å². The molecule has 1 atom stereocenters. The standard InChI is InChI=1S/C16H22N2O/c1-12-3-5-13(6-4-12)14-11-18(2)15(19)16(14)7-9-17-10-8-16/h3-6,14,17H,7-11H2,1-2H3. The van der Waals surface area contributed by atoms with E-state index >= 15 is 0 Å². The average molecular weight is 258 g/mol. The molecule has 3 heteroatoms. The predicted octanol–water partition coefficient (Wildman–Crippen LogP) is 1.92. The second-order valence-electron chi connectivity index (χ2n) is 6.06. The number of nitrogens with zero attached hydrogens (tertiary/aromatic N) is 1. The highest BCUT2D eigenvalue weighted by molar-refractivity contribution is 5.86. The molecule has 3 rings (SSSR count). The molecule has 3 nitrogen and oxygen atoms in total. The van der Waals surface area contributed by atoms with E-state index in [0.29, 0.717) is 11.8 Å². The van der Waals surface area contributed by atoms with Gasteiger partial charge in [-0.05, 0) is 38.4 Å². The quantitative estimate of drug-likeness (QED) is 0.834. The van der Waals surface area contributed by atoms with Gasteiger partial charge >= 0.3 is 0 Å². The number of hydrogen-bond donors (Lipinski definition) is 1. The minimum absolute atomic E-state index is 0.157. The van der Waals surface area contributed by atoms with E-state index in [9.17, 15) is 4.79 Å². The Morgan fingerprint density at radius 1 is 1.21 bits per heavy atom. The molecule has 1 aromatic carbocycles. The molecule has 0 aliphatic carbocycles. The molecule has 2 aliphatic rings. The van der Waals surface area contributed by atoms with Gasteiger partial charge in [0.25, 0.3) is 0 Å². The summed E-state index contributed by atoms with van der Waals surface area (Å²) in [4.78, 5) is 14.6. The summed E-state index contributed by atoms with van der Waals surface area (Å²) >= 11 is 0. The zero-order chi connectivity index (χ0) is 13.5. The highest BCUT2D eigenvalue weighted by Gasteiger charge is 2.53. The Hall–Kier alpha value is -1.35.